The van der Waals surface area contributed by atoms with Gasteiger partial charge < -0.3 is 5.73 Å². The maximum atomic E-state index is 5.95. The average molecular weight is 230 g/mol. The highest BCUT2D eigenvalue weighted by atomic mass is 35.5. The smallest absolute Gasteiger partial charge is 0.0424 e. The summed E-state index contributed by atoms with van der Waals surface area (Å²) < 4.78 is 0. The molecule has 0 amide bonds. The molecule has 1 atom stereocenters. The van der Waals surface area contributed by atoms with Crippen molar-refractivity contribution in [2.45, 2.75) is 18.9 Å². The minimum absolute atomic E-state index is 0.0239. The molecule has 3 heteroatoms. The minimum Gasteiger partial charge on any atom is -0.324 e. The molecule has 0 radical (unpaired) electrons. The zero-order valence-corrected chi connectivity index (χ0v) is 9.35. The van der Waals surface area contributed by atoms with E-state index in [1.165, 1.54) is 0 Å². The van der Waals surface area contributed by atoms with E-state index in [4.69, 9.17) is 28.9 Å². The van der Waals surface area contributed by atoms with Crippen LogP contribution in [-0.4, -0.2) is 0 Å². The molecular formula is C11H13Cl2N. The van der Waals surface area contributed by atoms with Gasteiger partial charge in [-0.3, -0.25) is 0 Å². The second kappa shape index (κ2) is 5.40. The third kappa shape index (κ3) is 3.33. The molecule has 14 heavy (non-hydrogen) atoms. The van der Waals surface area contributed by atoms with Crippen LogP contribution in [0.5, 0.6) is 0 Å². The third-order valence-electron chi connectivity index (χ3n) is 1.99. The Hall–Kier alpha value is -0.500. The molecule has 0 saturated carbocycles. The van der Waals surface area contributed by atoms with E-state index in [1.807, 2.05) is 18.2 Å². The number of hydrogen-bond acceptors (Lipinski definition) is 1. The maximum absolute atomic E-state index is 5.95. The lowest BCUT2D eigenvalue weighted by atomic mass is 10.0. The molecular weight excluding hydrogens is 217 g/mol. The number of halogens is 2. The number of hydrogen-bond donors (Lipinski definition) is 1. The van der Waals surface area contributed by atoms with Crippen LogP contribution in [0, 0.1) is 0 Å². The molecule has 1 rings (SSSR count). The van der Waals surface area contributed by atoms with Crippen molar-refractivity contribution in [3.05, 3.63) is 46.5 Å². The predicted octanol–water partition coefficient (Wildman–Crippen LogP) is 3.96. The van der Waals surface area contributed by atoms with Gasteiger partial charge in [0.1, 0.15) is 0 Å². The Bertz CT molecular complexity index is 303. The summed E-state index contributed by atoms with van der Waals surface area (Å²) in [5.74, 6) is 0. The van der Waals surface area contributed by atoms with Crippen LogP contribution in [0.25, 0.3) is 0 Å². The van der Waals surface area contributed by atoms with Gasteiger partial charge in [-0.25, -0.2) is 0 Å². The second-order valence-corrected chi connectivity index (χ2v) is 4.05. The normalized spacial score (nSPS) is 12.5. The maximum Gasteiger partial charge on any atom is 0.0424 e. The van der Waals surface area contributed by atoms with E-state index < -0.39 is 0 Å². The number of benzene rings is 1. The molecule has 0 spiro atoms. The van der Waals surface area contributed by atoms with Gasteiger partial charge in [0, 0.05) is 16.1 Å². The first-order chi connectivity index (χ1) is 6.63. The molecule has 0 saturated heterocycles. The summed E-state index contributed by atoms with van der Waals surface area (Å²) in [5.41, 5.74) is 6.93. The molecule has 1 aromatic rings. The fourth-order valence-electron chi connectivity index (χ4n) is 1.25. The van der Waals surface area contributed by atoms with Gasteiger partial charge in [-0.05, 0) is 36.6 Å². The van der Waals surface area contributed by atoms with Crippen LogP contribution >= 0.6 is 23.2 Å². The van der Waals surface area contributed by atoms with Crippen LogP contribution in [0.1, 0.15) is 24.4 Å². The molecule has 0 bridgehead atoms. The highest BCUT2D eigenvalue weighted by Crippen LogP contribution is 2.24. The molecule has 0 aliphatic carbocycles. The Morgan fingerprint density at radius 1 is 1.29 bits per heavy atom. The van der Waals surface area contributed by atoms with Crippen molar-refractivity contribution >= 4 is 23.2 Å². The minimum atomic E-state index is -0.0239. The van der Waals surface area contributed by atoms with E-state index >= 15 is 0 Å². The molecule has 2 N–H and O–H groups in total. The van der Waals surface area contributed by atoms with Gasteiger partial charge in [-0.1, -0.05) is 29.3 Å². The van der Waals surface area contributed by atoms with Gasteiger partial charge in [0.15, 0.2) is 0 Å². The Labute approximate surface area is 94.5 Å². The summed E-state index contributed by atoms with van der Waals surface area (Å²) in [6.07, 6.45) is 3.61. The first-order valence-corrected chi connectivity index (χ1v) is 5.21. The van der Waals surface area contributed by atoms with Crippen LogP contribution in [-0.2, 0) is 0 Å². The van der Waals surface area contributed by atoms with E-state index in [9.17, 15) is 0 Å². The van der Waals surface area contributed by atoms with Crippen molar-refractivity contribution in [1.29, 1.82) is 0 Å². The largest absolute Gasteiger partial charge is 0.324 e. The number of nitrogens with two attached hydrogens (primary N) is 1. The van der Waals surface area contributed by atoms with Gasteiger partial charge in [-0.2, -0.15) is 0 Å². The van der Waals surface area contributed by atoms with Crippen molar-refractivity contribution in [2.75, 3.05) is 0 Å². The summed E-state index contributed by atoms with van der Waals surface area (Å²) in [6.45, 7) is 3.65. The average Bonchev–Trinajstić information content (AvgIpc) is 2.12. The van der Waals surface area contributed by atoms with E-state index in [-0.39, 0.29) is 6.04 Å². The quantitative estimate of drug-likeness (QED) is 0.778. The number of rotatable bonds is 4. The second-order valence-electron chi connectivity index (χ2n) is 3.18. The van der Waals surface area contributed by atoms with Crippen molar-refractivity contribution < 1.29 is 0 Å². The first kappa shape index (κ1) is 11.6. The zero-order valence-electron chi connectivity index (χ0n) is 7.84. The van der Waals surface area contributed by atoms with E-state index in [2.05, 4.69) is 6.58 Å². The fourth-order valence-corrected chi connectivity index (χ4v) is 1.80. The Balaban J connectivity index is 2.78. The standard InChI is InChI=1S/C11H13Cl2N/c1-2-3-4-11(14)8-5-9(12)7-10(13)6-8/h2,5-7,11H,1,3-4,14H2/t11-/m1/s1. The molecule has 76 valence electrons. The molecule has 0 unspecified atom stereocenters. The molecule has 1 aromatic carbocycles. The Morgan fingerprint density at radius 3 is 2.36 bits per heavy atom. The fraction of sp³-hybridized carbons (Fsp3) is 0.273. The lowest BCUT2D eigenvalue weighted by molar-refractivity contribution is 0.661. The summed E-state index contributed by atoms with van der Waals surface area (Å²) in [4.78, 5) is 0. The first-order valence-electron chi connectivity index (χ1n) is 4.46. The van der Waals surface area contributed by atoms with Gasteiger partial charge in [-0.15, -0.1) is 6.58 Å². The van der Waals surface area contributed by atoms with Gasteiger partial charge in [0.05, 0.1) is 0 Å². The third-order valence-corrected chi connectivity index (χ3v) is 2.43. The molecule has 0 aliphatic heterocycles. The lowest BCUT2D eigenvalue weighted by Crippen LogP contribution is -2.09. The van der Waals surface area contributed by atoms with Crippen LogP contribution in [0.4, 0.5) is 0 Å². The van der Waals surface area contributed by atoms with E-state index in [0.29, 0.717) is 10.0 Å². The Morgan fingerprint density at radius 2 is 1.86 bits per heavy atom. The summed E-state index contributed by atoms with van der Waals surface area (Å²) in [7, 11) is 0. The monoisotopic (exact) mass is 229 g/mol. The number of allylic oxidation sites excluding steroid dienone is 1. The molecule has 0 fully saturated rings. The van der Waals surface area contributed by atoms with Gasteiger partial charge in [0.2, 0.25) is 0 Å². The topological polar surface area (TPSA) is 26.0 Å². The molecule has 1 nitrogen and oxygen atoms in total. The zero-order chi connectivity index (χ0) is 10.6. The van der Waals surface area contributed by atoms with Crippen LogP contribution in [0.3, 0.4) is 0 Å². The summed E-state index contributed by atoms with van der Waals surface area (Å²) >= 11 is 11.7. The molecule has 0 aromatic heterocycles. The van der Waals surface area contributed by atoms with Gasteiger partial charge >= 0.3 is 0 Å². The van der Waals surface area contributed by atoms with Crippen molar-refractivity contribution in [1.82, 2.24) is 0 Å². The Kier molecular flexibility index (Phi) is 4.46. The summed E-state index contributed by atoms with van der Waals surface area (Å²) in [6, 6.07) is 5.37. The van der Waals surface area contributed by atoms with E-state index in [1.54, 1.807) is 6.07 Å². The lowest BCUT2D eigenvalue weighted by Gasteiger charge is -2.11. The highest BCUT2D eigenvalue weighted by molar-refractivity contribution is 6.34. The van der Waals surface area contributed by atoms with Crippen molar-refractivity contribution in [3.8, 4) is 0 Å². The van der Waals surface area contributed by atoms with Crippen LogP contribution < -0.4 is 5.73 Å². The summed E-state index contributed by atoms with van der Waals surface area (Å²) in [5, 5.41) is 1.25. The van der Waals surface area contributed by atoms with Crippen LogP contribution in [0.2, 0.25) is 10.0 Å². The van der Waals surface area contributed by atoms with E-state index in [0.717, 1.165) is 18.4 Å². The van der Waals surface area contributed by atoms with Gasteiger partial charge in [0.25, 0.3) is 0 Å². The molecule has 0 heterocycles. The van der Waals surface area contributed by atoms with Crippen molar-refractivity contribution in [3.63, 3.8) is 0 Å². The van der Waals surface area contributed by atoms with Crippen molar-refractivity contribution in [2.24, 2.45) is 5.73 Å². The van der Waals surface area contributed by atoms with Crippen LogP contribution in [0.15, 0.2) is 30.9 Å². The highest BCUT2D eigenvalue weighted by Gasteiger charge is 2.06. The predicted molar refractivity (Wildman–Crippen MR) is 62.8 cm³/mol. The molecule has 0 aliphatic rings. The SMILES string of the molecule is C=CCC[C@@H](N)c1cc(Cl)cc(Cl)c1.